The molecule has 2 N–H and O–H groups in total. The minimum absolute atomic E-state index is 0.0992. The quantitative estimate of drug-likeness (QED) is 0.818. The topological polar surface area (TPSA) is 58.2 Å². The molecule has 1 heterocycles. The molecule has 1 saturated carbocycles. The van der Waals surface area contributed by atoms with Crippen LogP contribution in [0.3, 0.4) is 0 Å². The number of hydrogen-bond acceptors (Lipinski definition) is 3. The van der Waals surface area contributed by atoms with Crippen molar-refractivity contribution in [2.75, 3.05) is 13.1 Å². The molecule has 2 unspecified atom stereocenters. The Hall–Kier alpha value is 0.0500. The van der Waals surface area contributed by atoms with Crippen molar-refractivity contribution in [2.24, 2.45) is 11.8 Å². The fourth-order valence-electron chi connectivity index (χ4n) is 2.52. The molecule has 1 aliphatic heterocycles. The van der Waals surface area contributed by atoms with Gasteiger partial charge in [-0.1, -0.05) is 15.9 Å². The van der Waals surface area contributed by atoms with E-state index in [0.717, 1.165) is 17.6 Å². The predicted molar refractivity (Wildman–Crippen MR) is 75.8 cm³/mol. The number of fused-ring (bicyclic) bond motifs is 1. The second kappa shape index (κ2) is 4.56. The Bertz CT molecular complexity index is 581. The Morgan fingerprint density at radius 2 is 1.89 bits per heavy atom. The van der Waals surface area contributed by atoms with Crippen molar-refractivity contribution >= 4 is 41.9 Å². The van der Waals surface area contributed by atoms with Gasteiger partial charge in [0.05, 0.1) is 4.90 Å². The van der Waals surface area contributed by atoms with Gasteiger partial charge in [-0.25, -0.2) is 13.1 Å². The maximum absolute atomic E-state index is 12.3. The van der Waals surface area contributed by atoms with Crippen LogP contribution >= 0.6 is 31.9 Å². The predicted octanol–water partition coefficient (Wildman–Crippen LogP) is 1.71. The molecule has 18 heavy (non-hydrogen) atoms. The van der Waals surface area contributed by atoms with Gasteiger partial charge in [0.1, 0.15) is 0 Å². The van der Waals surface area contributed by atoms with Crippen molar-refractivity contribution in [3.8, 4) is 0 Å². The highest BCUT2D eigenvalue weighted by Crippen LogP contribution is 2.42. The number of sulfonamides is 1. The molecule has 0 radical (unpaired) electrons. The van der Waals surface area contributed by atoms with Gasteiger partial charge in [0, 0.05) is 15.0 Å². The first kappa shape index (κ1) is 13.1. The zero-order valence-electron chi connectivity index (χ0n) is 9.36. The van der Waals surface area contributed by atoms with Crippen LogP contribution in [0.5, 0.6) is 0 Å². The molecule has 4 nitrogen and oxygen atoms in total. The lowest BCUT2D eigenvalue weighted by atomic mass is 10.4. The molecule has 2 aliphatic rings. The smallest absolute Gasteiger partial charge is 0.242 e. The third kappa shape index (κ3) is 2.27. The number of benzene rings is 1. The van der Waals surface area contributed by atoms with Crippen molar-refractivity contribution in [3.63, 3.8) is 0 Å². The molecule has 1 aromatic rings. The van der Waals surface area contributed by atoms with E-state index >= 15 is 0 Å². The molecular formula is C11H12Br2N2O2S. The molecule has 0 bridgehead atoms. The molecule has 0 spiro atoms. The summed E-state index contributed by atoms with van der Waals surface area (Å²) in [5.74, 6) is 0.927. The molecule has 3 rings (SSSR count). The highest BCUT2D eigenvalue weighted by atomic mass is 79.9. The van der Waals surface area contributed by atoms with Crippen LogP contribution < -0.4 is 10.0 Å². The average molecular weight is 396 g/mol. The van der Waals surface area contributed by atoms with Gasteiger partial charge in [0.15, 0.2) is 0 Å². The van der Waals surface area contributed by atoms with E-state index in [0.29, 0.717) is 16.3 Å². The minimum atomic E-state index is -3.45. The molecular weight excluding hydrogens is 384 g/mol. The maximum atomic E-state index is 12.3. The van der Waals surface area contributed by atoms with Crippen LogP contribution in [0, 0.1) is 11.8 Å². The Morgan fingerprint density at radius 3 is 2.56 bits per heavy atom. The lowest BCUT2D eigenvalue weighted by Gasteiger charge is -2.10. The number of rotatable bonds is 3. The van der Waals surface area contributed by atoms with Crippen molar-refractivity contribution in [1.29, 1.82) is 0 Å². The first-order valence-corrected chi connectivity index (χ1v) is 8.74. The van der Waals surface area contributed by atoms with Gasteiger partial charge in [-0.2, -0.15) is 0 Å². The highest BCUT2D eigenvalue weighted by molar-refractivity contribution is 9.11. The summed E-state index contributed by atoms with van der Waals surface area (Å²) >= 11 is 6.58. The van der Waals surface area contributed by atoms with Gasteiger partial charge in [0.2, 0.25) is 10.0 Å². The standard InChI is InChI=1S/C11H12Br2N2O2S/c12-6-1-2-9(13)10(3-6)18(16,17)15-11-7-4-14-5-8(7)11/h1-3,7-8,11,14-15H,4-5H2. The molecule has 1 aliphatic carbocycles. The molecule has 1 saturated heterocycles. The Labute approximate surface area is 123 Å². The van der Waals surface area contributed by atoms with Crippen LogP contribution in [0.2, 0.25) is 0 Å². The fraction of sp³-hybridized carbons (Fsp3) is 0.455. The second-order valence-corrected chi connectivity index (χ2v) is 8.16. The van der Waals surface area contributed by atoms with Crippen LogP contribution in [-0.4, -0.2) is 27.5 Å². The summed E-state index contributed by atoms with van der Waals surface area (Å²) < 4.78 is 28.7. The Morgan fingerprint density at radius 1 is 1.22 bits per heavy atom. The third-order valence-corrected chi connectivity index (χ3v) is 6.51. The first-order chi connectivity index (χ1) is 8.49. The first-order valence-electron chi connectivity index (χ1n) is 5.67. The number of piperidine rings is 1. The minimum Gasteiger partial charge on any atom is -0.316 e. The van der Waals surface area contributed by atoms with E-state index in [1.807, 2.05) is 0 Å². The zero-order chi connectivity index (χ0) is 12.9. The van der Waals surface area contributed by atoms with Crippen molar-refractivity contribution in [3.05, 3.63) is 27.1 Å². The van der Waals surface area contributed by atoms with E-state index in [9.17, 15) is 8.42 Å². The van der Waals surface area contributed by atoms with Gasteiger partial charge >= 0.3 is 0 Å². The summed E-state index contributed by atoms with van der Waals surface area (Å²) in [4.78, 5) is 0.287. The van der Waals surface area contributed by atoms with E-state index < -0.39 is 10.0 Å². The largest absolute Gasteiger partial charge is 0.316 e. The van der Waals surface area contributed by atoms with E-state index in [1.54, 1.807) is 18.2 Å². The number of nitrogens with one attached hydrogen (secondary N) is 2. The lowest BCUT2D eigenvalue weighted by molar-refractivity contribution is 0.565. The summed E-state index contributed by atoms with van der Waals surface area (Å²) in [5, 5.41) is 3.25. The van der Waals surface area contributed by atoms with Crippen molar-refractivity contribution < 1.29 is 8.42 Å². The number of halogens is 2. The highest BCUT2D eigenvalue weighted by Gasteiger charge is 2.54. The summed E-state index contributed by atoms with van der Waals surface area (Å²) in [7, 11) is -3.45. The molecule has 1 aromatic carbocycles. The van der Waals surface area contributed by atoms with E-state index in [-0.39, 0.29) is 10.9 Å². The summed E-state index contributed by atoms with van der Waals surface area (Å²) in [6, 6.07) is 5.25. The van der Waals surface area contributed by atoms with Crippen LogP contribution in [-0.2, 0) is 10.0 Å². The molecule has 2 fully saturated rings. The molecule has 0 amide bonds. The third-order valence-electron chi connectivity index (χ3n) is 3.57. The molecule has 7 heteroatoms. The second-order valence-electron chi connectivity index (χ2n) is 4.71. The van der Waals surface area contributed by atoms with Crippen molar-refractivity contribution in [2.45, 2.75) is 10.9 Å². The summed E-state index contributed by atoms with van der Waals surface area (Å²) in [5.41, 5.74) is 0. The van der Waals surface area contributed by atoms with Gasteiger partial charge in [-0.05, 0) is 59.1 Å². The van der Waals surface area contributed by atoms with Crippen LogP contribution in [0.25, 0.3) is 0 Å². The molecule has 98 valence electrons. The zero-order valence-corrected chi connectivity index (χ0v) is 13.3. The van der Waals surface area contributed by atoms with E-state index in [2.05, 4.69) is 41.9 Å². The van der Waals surface area contributed by atoms with E-state index in [1.165, 1.54) is 0 Å². The van der Waals surface area contributed by atoms with Gasteiger partial charge in [0.25, 0.3) is 0 Å². The van der Waals surface area contributed by atoms with Crippen LogP contribution in [0.1, 0.15) is 0 Å². The summed E-state index contributed by atoms with van der Waals surface area (Å²) in [6.45, 7) is 1.83. The average Bonchev–Trinajstić information content (AvgIpc) is 2.77. The fourth-order valence-corrected chi connectivity index (χ4v) is 5.36. The number of hydrogen-bond donors (Lipinski definition) is 2. The van der Waals surface area contributed by atoms with Crippen LogP contribution in [0.4, 0.5) is 0 Å². The Balaban J connectivity index is 1.84. The van der Waals surface area contributed by atoms with Crippen molar-refractivity contribution in [1.82, 2.24) is 10.0 Å². The maximum Gasteiger partial charge on any atom is 0.242 e. The van der Waals surface area contributed by atoms with Gasteiger partial charge in [-0.3, -0.25) is 0 Å². The van der Waals surface area contributed by atoms with E-state index in [4.69, 9.17) is 0 Å². The summed E-state index contributed by atoms with van der Waals surface area (Å²) in [6.07, 6.45) is 0. The molecule has 2 atom stereocenters. The SMILES string of the molecule is O=S(=O)(NC1C2CNCC21)c1cc(Br)ccc1Br. The normalized spacial score (nSPS) is 30.2. The van der Waals surface area contributed by atoms with Crippen LogP contribution in [0.15, 0.2) is 32.0 Å². The van der Waals surface area contributed by atoms with Gasteiger partial charge < -0.3 is 5.32 Å². The van der Waals surface area contributed by atoms with Gasteiger partial charge in [-0.15, -0.1) is 0 Å². The monoisotopic (exact) mass is 394 g/mol. The Kier molecular flexibility index (Phi) is 3.30. The molecule has 0 aromatic heterocycles. The lowest BCUT2D eigenvalue weighted by Crippen LogP contribution is -2.32.